The Hall–Kier alpha value is -1.64. The fourth-order valence-electron chi connectivity index (χ4n) is 1.54. The van der Waals surface area contributed by atoms with Gasteiger partial charge in [-0.3, -0.25) is 9.59 Å². The first kappa shape index (κ1) is 12.8. The van der Waals surface area contributed by atoms with Crippen molar-refractivity contribution in [2.45, 2.75) is 0 Å². The predicted molar refractivity (Wildman–Crippen MR) is 71.1 cm³/mol. The maximum Gasteiger partial charge on any atom is 0.235 e. The number of benzene rings is 2. The molecule has 0 aliphatic heterocycles. The molecule has 0 fully saturated rings. The minimum atomic E-state index is -0.256. The number of carbonyl (C=O) groups is 1. The van der Waals surface area contributed by atoms with Crippen LogP contribution in [0.1, 0.15) is 21.5 Å². The molecule has 18 heavy (non-hydrogen) atoms. The van der Waals surface area contributed by atoms with Crippen LogP contribution in [0.2, 0.25) is 10.0 Å². The van der Waals surface area contributed by atoms with Crippen molar-refractivity contribution in [3.8, 4) is 0 Å². The molecule has 0 spiro atoms. The number of hydrogen-bond donors (Lipinski definition) is 0. The summed E-state index contributed by atoms with van der Waals surface area (Å²) in [6.45, 7) is 0. The predicted octanol–water partition coefficient (Wildman–Crippen LogP) is 3.68. The van der Waals surface area contributed by atoms with E-state index in [4.69, 9.17) is 23.2 Å². The molecule has 0 saturated heterocycles. The van der Waals surface area contributed by atoms with E-state index in [1.165, 1.54) is 6.07 Å². The molecule has 2 rings (SSSR count). The van der Waals surface area contributed by atoms with Crippen LogP contribution in [0.3, 0.4) is 0 Å². The summed E-state index contributed by atoms with van der Waals surface area (Å²) < 4.78 is 0. The van der Waals surface area contributed by atoms with E-state index in [9.17, 15) is 9.59 Å². The number of hydrogen-bond acceptors (Lipinski definition) is 2. The summed E-state index contributed by atoms with van der Waals surface area (Å²) in [5.41, 5.74) is 0.917. The topological polar surface area (TPSA) is 34.1 Å². The molecule has 0 bridgehead atoms. The summed E-state index contributed by atoms with van der Waals surface area (Å²) in [5.74, 6) is -0.256. The van der Waals surface area contributed by atoms with E-state index in [1.54, 1.807) is 42.7 Å². The molecule has 2 aromatic carbocycles. The minimum Gasteiger partial charge on any atom is -0.289 e. The number of rotatable bonds is 3. The lowest BCUT2D eigenvalue weighted by Crippen LogP contribution is -2.03. The number of halogens is 2. The number of ketones is 1. The average molecular weight is 278 g/mol. The lowest BCUT2D eigenvalue weighted by molar-refractivity contribution is 0.103. The Morgan fingerprint density at radius 1 is 1.00 bits per heavy atom. The smallest absolute Gasteiger partial charge is 0.235 e. The van der Waals surface area contributed by atoms with Crippen LogP contribution in [0.25, 0.3) is 0 Å². The molecule has 0 unspecified atom stereocenters. The van der Waals surface area contributed by atoms with E-state index >= 15 is 0 Å². The molecule has 89 valence electrons. The van der Waals surface area contributed by atoms with Gasteiger partial charge in [0, 0.05) is 21.7 Å². The highest BCUT2D eigenvalue weighted by atomic mass is 35.5. The van der Waals surface area contributed by atoms with Gasteiger partial charge in [-0.25, -0.2) is 0 Å². The molecule has 2 aromatic rings. The summed E-state index contributed by atoms with van der Waals surface area (Å²) in [5, 5.41) is 0.667. The van der Waals surface area contributed by atoms with Gasteiger partial charge in [0.25, 0.3) is 0 Å². The third-order valence-corrected chi connectivity index (χ3v) is 3.12. The molecule has 0 aliphatic carbocycles. The van der Waals surface area contributed by atoms with Crippen LogP contribution in [0.4, 0.5) is 0 Å². The maximum atomic E-state index is 12.2. The second-order valence-corrected chi connectivity index (χ2v) is 4.42. The first-order valence-electron chi connectivity index (χ1n) is 5.10. The minimum absolute atomic E-state index is 0.118. The van der Waals surface area contributed by atoms with Crippen LogP contribution >= 0.6 is 23.2 Å². The molecule has 4 heteroatoms. The van der Waals surface area contributed by atoms with Crippen molar-refractivity contribution < 1.29 is 9.59 Å². The van der Waals surface area contributed by atoms with Gasteiger partial charge < -0.3 is 0 Å². The fourth-order valence-corrected chi connectivity index (χ4v) is 1.92. The second kappa shape index (κ2) is 5.34. The molecule has 0 aromatic heterocycles. The normalized spacial score (nSPS) is 10.1. The van der Waals surface area contributed by atoms with Gasteiger partial charge in [0.05, 0.1) is 5.02 Å². The average Bonchev–Trinajstić information content (AvgIpc) is 2.39. The SMILES string of the molecule is O=[C]c1cccc(C(=O)c2ccc(Cl)cc2)c1Cl. The lowest BCUT2D eigenvalue weighted by atomic mass is 10.0. The Labute approximate surface area is 114 Å². The zero-order valence-corrected chi connectivity index (χ0v) is 10.6. The monoisotopic (exact) mass is 277 g/mol. The van der Waals surface area contributed by atoms with Crippen molar-refractivity contribution in [2.24, 2.45) is 0 Å². The molecule has 0 saturated carbocycles. The molecule has 0 heterocycles. The Bertz CT molecular complexity index is 604. The van der Waals surface area contributed by atoms with Crippen LogP contribution in [-0.4, -0.2) is 12.1 Å². The van der Waals surface area contributed by atoms with Gasteiger partial charge in [0.1, 0.15) is 0 Å². The molecular formula is C14H7Cl2O2. The zero-order chi connectivity index (χ0) is 13.1. The Morgan fingerprint density at radius 2 is 1.67 bits per heavy atom. The molecule has 0 aliphatic rings. The van der Waals surface area contributed by atoms with Crippen LogP contribution in [0, 0.1) is 0 Å². The highest BCUT2D eigenvalue weighted by molar-refractivity contribution is 6.37. The van der Waals surface area contributed by atoms with Crippen molar-refractivity contribution in [3.63, 3.8) is 0 Å². The van der Waals surface area contributed by atoms with Gasteiger partial charge in [-0.1, -0.05) is 29.3 Å². The van der Waals surface area contributed by atoms with Crippen LogP contribution in [0.15, 0.2) is 42.5 Å². The first-order chi connectivity index (χ1) is 8.63. The fraction of sp³-hybridized carbons (Fsp3) is 0. The van der Waals surface area contributed by atoms with Crippen molar-refractivity contribution in [1.82, 2.24) is 0 Å². The van der Waals surface area contributed by atoms with E-state index in [0.29, 0.717) is 10.6 Å². The van der Waals surface area contributed by atoms with E-state index < -0.39 is 0 Å². The van der Waals surface area contributed by atoms with E-state index in [2.05, 4.69) is 0 Å². The molecule has 2 nitrogen and oxygen atoms in total. The standard InChI is InChI=1S/C14H7Cl2O2/c15-11-6-4-9(5-7-11)14(18)12-3-1-2-10(8-17)13(12)16/h1-7H. The zero-order valence-electron chi connectivity index (χ0n) is 9.11. The van der Waals surface area contributed by atoms with Gasteiger partial charge >= 0.3 is 0 Å². The Morgan fingerprint density at radius 3 is 2.28 bits per heavy atom. The van der Waals surface area contributed by atoms with Crippen molar-refractivity contribution >= 4 is 35.3 Å². The molecule has 1 radical (unpaired) electrons. The number of carbonyl (C=O) groups excluding carboxylic acids is 2. The van der Waals surface area contributed by atoms with Crippen LogP contribution < -0.4 is 0 Å². The van der Waals surface area contributed by atoms with E-state index in [1.807, 2.05) is 0 Å². The largest absolute Gasteiger partial charge is 0.289 e. The highest BCUT2D eigenvalue weighted by Gasteiger charge is 2.15. The van der Waals surface area contributed by atoms with Gasteiger partial charge in [-0.15, -0.1) is 0 Å². The maximum absolute atomic E-state index is 12.2. The summed E-state index contributed by atoms with van der Waals surface area (Å²) in [6, 6.07) is 11.1. The van der Waals surface area contributed by atoms with Gasteiger partial charge in [0.2, 0.25) is 6.29 Å². The Kier molecular flexibility index (Phi) is 3.80. The summed E-state index contributed by atoms with van der Waals surface area (Å²) in [6.07, 6.45) is 1.70. The van der Waals surface area contributed by atoms with Crippen LogP contribution in [0.5, 0.6) is 0 Å². The van der Waals surface area contributed by atoms with Gasteiger partial charge in [-0.05, 0) is 36.4 Å². The van der Waals surface area contributed by atoms with Crippen molar-refractivity contribution in [3.05, 3.63) is 69.2 Å². The summed E-state index contributed by atoms with van der Waals surface area (Å²) in [4.78, 5) is 22.8. The second-order valence-electron chi connectivity index (χ2n) is 3.61. The third kappa shape index (κ3) is 2.45. The third-order valence-electron chi connectivity index (χ3n) is 2.46. The summed E-state index contributed by atoms with van der Waals surface area (Å²) in [7, 11) is 0. The first-order valence-corrected chi connectivity index (χ1v) is 5.86. The molecule has 0 N–H and O–H groups in total. The van der Waals surface area contributed by atoms with E-state index in [-0.39, 0.29) is 21.9 Å². The Balaban J connectivity index is 2.46. The lowest BCUT2D eigenvalue weighted by Gasteiger charge is -2.05. The summed E-state index contributed by atoms with van der Waals surface area (Å²) >= 11 is 11.7. The highest BCUT2D eigenvalue weighted by Crippen LogP contribution is 2.23. The quantitative estimate of drug-likeness (QED) is 0.802. The molecule has 0 amide bonds. The van der Waals surface area contributed by atoms with Crippen molar-refractivity contribution in [1.29, 1.82) is 0 Å². The van der Waals surface area contributed by atoms with Gasteiger partial charge in [0.15, 0.2) is 5.78 Å². The molecular weight excluding hydrogens is 271 g/mol. The molecule has 0 atom stereocenters. The van der Waals surface area contributed by atoms with Crippen molar-refractivity contribution in [2.75, 3.05) is 0 Å². The van der Waals surface area contributed by atoms with Crippen LogP contribution in [-0.2, 0) is 4.79 Å². The van der Waals surface area contributed by atoms with E-state index in [0.717, 1.165) is 0 Å². The van der Waals surface area contributed by atoms with Gasteiger partial charge in [-0.2, -0.15) is 0 Å².